The van der Waals surface area contributed by atoms with Gasteiger partial charge in [0.1, 0.15) is 18.0 Å². The average molecular weight is 420 g/mol. The number of para-hydroxylation sites is 4. The maximum Gasteiger partial charge on any atom is 0.387 e. The summed E-state index contributed by atoms with van der Waals surface area (Å²) in [4.78, 5) is 37.9. The van der Waals surface area contributed by atoms with Crippen molar-refractivity contribution in [2.75, 3.05) is 23.4 Å². The first kappa shape index (κ1) is 21.0. The smallest absolute Gasteiger partial charge is 0.387 e. The van der Waals surface area contributed by atoms with Crippen LogP contribution in [0.15, 0.2) is 48.5 Å². The van der Waals surface area contributed by atoms with E-state index in [0.717, 1.165) is 0 Å². The normalized spacial score (nSPS) is 13.9. The Morgan fingerprint density at radius 2 is 1.87 bits per heavy atom. The molecule has 0 aliphatic carbocycles. The fourth-order valence-corrected chi connectivity index (χ4v) is 2.75. The molecule has 10 heteroatoms. The number of fused-ring (bicyclic) bond motifs is 1. The summed E-state index contributed by atoms with van der Waals surface area (Å²) in [6, 6.07) is 12.3. The van der Waals surface area contributed by atoms with E-state index in [9.17, 15) is 23.2 Å². The second-order valence-electron chi connectivity index (χ2n) is 6.23. The van der Waals surface area contributed by atoms with Gasteiger partial charge in [-0.1, -0.05) is 24.3 Å². The van der Waals surface area contributed by atoms with Crippen LogP contribution in [-0.2, 0) is 19.1 Å². The fraction of sp³-hybridized carbons (Fsp3) is 0.250. The number of anilines is 2. The van der Waals surface area contributed by atoms with Crippen LogP contribution < -0.4 is 19.7 Å². The van der Waals surface area contributed by atoms with Gasteiger partial charge in [0.05, 0.1) is 11.4 Å². The number of benzene rings is 2. The molecule has 0 spiro atoms. The highest BCUT2D eigenvalue weighted by molar-refractivity contribution is 6.02. The topological polar surface area (TPSA) is 94.2 Å². The summed E-state index contributed by atoms with van der Waals surface area (Å²) in [5.74, 6) is -1.77. The molecule has 0 aromatic heterocycles. The lowest BCUT2D eigenvalue weighted by molar-refractivity contribution is -0.152. The van der Waals surface area contributed by atoms with Crippen LogP contribution >= 0.6 is 0 Å². The van der Waals surface area contributed by atoms with Gasteiger partial charge in [0.15, 0.2) is 12.7 Å². The summed E-state index contributed by atoms with van der Waals surface area (Å²) in [5, 5.41) is 2.37. The zero-order valence-corrected chi connectivity index (χ0v) is 15.8. The predicted molar refractivity (Wildman–Crippen MR) is 102 cm³/mol. The van der Waals surface area contributed by atoms with Crippen molar-refractivity contribution in [2.45, 2.75) is 19.6 Å². The van der Waals surface area contributed by atoms with Crippen LogP contribution in [0, 0.1) is 0 Å². The highest BCUT2D eigenvalue weighted by atomic mass is 19.3. The van der Waals surface area contributed by atoms with Crippen LogP contribution in [0.1, 0.15) is 6.92 Å². The third-order valence-corrected chi connectivity index (χ3v) is 4.13. The monoisotopic (exact) mass is 420 g/mol. The molecule has 1 aliphatic rings. The zero-order chi connectivity index (χ0) is 21.7. The number of carbonyl (C=O) groups is 3. The number of ether oxygens (including phenoxy) is 3. The van der Waals surface area contributed by atoms with Gasteiger partial charge in [-0.25, -0.2) is 0 Å². The standard InChI is InChI=1S/C20H18F2N2O6/c1-12(19(27)23-13-6-2-4-8-15(13)30-20(21)22)29-18(26)10-24-14-7-3-5-9-16(14)28-11-17(24)25/h2-9,12,20H,10-11H2,1H3,(H,23,27). The van der Waals surface area contributed by atoms with E-state index in [0.29, 0.717) is 11.4 Å². The summed E-state index contributed by atoms with van der Waals surface area (Å²) in [5.41, 5.74) is 0.420. The predicted octanol–water partition coefficient (Wildman–Crippen LogP) is 2.58. The highest BCUT2D eigenvalue weighted by Crippen LogP contribution is 2.31. The number of hydrogen-bond acceptors (Lipinski definition) is 6. The van der Waals surface area contributed by atoms with Crippen molar-refractivity contribution < 1.29 is 37.4 Å². The van der Waals surface area contributed by atoms with Crippen LogP contribution in [0.4, 0.5) is 20.2 Å². The molecule has 8 nitrogen and oxygen atoms in total. The molecular formula is C20H18F2N2O6. The molecular weight excluding hydrogens is 402 g/mol. The molecule has 0 bridgehead atoms. The number of nitrogens with one attached hydrogen (secondary N) is 1. The Morgan fingerprint density at radius 1 is 1.17 bits per heavy atom. The minimum Gasteiger partial charge on any atom is -0.482 e. The van der Waals surface area contributed by atoms with Gasteiger partial charge in [0.2, 0.25) is 0 Å². The van der Waals surface area contributed by atoms with Gasteiger partial charge in [-0.15, -0.1) is 0 Å². The van der Waals surface area contributed by atoms with Gasteiger partial charge in [-0.05, 0) is 31.2 Å². The average Bonchev–Trinajstić information content (AvgIpc) is 2.71. The Hall–Kier alpha value is -3.69. The number of nitrogens with zero attached hydrogens (tertiary/aromatic N) is 1. The van der Waals surface area contributed by atoms with Crippen molar-refractivity contribution >= 4 is 29.2 Å². The fourth-order valence-electron chi connectivity index (χ4n) is 2.75. The summed E-state index contributed by atoms with van der Waals surface area (Å²) < 4.78 is 39.7. The first-order valence-corrected chi connectivity index (χ1v) is 8.91. The molecule has 2 amide bonds. The molecule has 158 valence electrons. The quantitative estimate of drug-likeness (QED) is 0.692. The number of halogens is 2. The molecule has 30 heavy (non-hydrogen) atoms. The Morgan fingerprint density at radius 3 is 2.63 bits per heavy atom. The van der Waals surface area contributed by atoms with Crippen LogP contribution in [0.25, 0.3) is 0 Å². The number of alkyl halides is 2. The lowest BCUT2D eigenvalue weighted by Crippen LogP contribution is -2.43. The molecule has 1 unspecified atom stereocenters. The van der Waals surface area contributed by atoms with Crippen LogP contribution in [0.2, 0.25) is 0 Å². The molecule has 1 aliphatic heterocycles. The van der Waals surface area contributed by atoms with Crippen molar-refractivity contribution in [1.29, 1.82) is 0 Å². The second-order valence-corrected chi connectivity index (χ2v) is 6.23. The van der Waals surface area contributed by atoms with Gasteiger partial charge in [-0.2, -0.15) is 8.78 Å². The summed E-state index contributed by atoms with van der Waals surface area (Å²) >= 11 is 0. The molecule has 2 aromatic rings. The molecule has 0 fully saturated rings. The molecule has 1 atom stereocenters. The van der Waals surface area contributed by atoms with E-state index in [2.05, 4.69) is 10.1 Å². The van der Waals surface area contributed by atoms with E-state index in [-0.39, 0.29) is 18.0 Å². The molecule has 0 radical (unpaired) electrons. The molecule has 1 heterocycles. The SMILES string of the molecule is CC(OC(=O)CN1C(=O)COc2ccccc21)C(=O)Nc1ccccc1OC(F)F. The minimum atomic E-state index is -3.06. The Labute approximate surface area is 170 Å². The molecule has 0 saturated heterocycles. The summed E-state index contributed by atoms with van der Waals surface area (Å²) in [6.07, 6.45) is -1.25. The van der Waals surface area contributed by atoms with E-state index < -0.39 is 37.0 Å². The van der Waals surface area contributed by atoms with Gasteiger partial charge < -0.3 is 19.5 Å². The maximum atomic E-state index is 12.5. The lowest BCUT2D eigenvalue weighted by Gasteiger charge is -2.28. The first-order chi connectivity index (χ1) is 14.3. The number of esters is 1. The number of amides is 2. The van der Waals surface area contributed by atoms with E-state index >= 15 is 0 Å². The van der Waals surface area contributed by atoms with Crippen molar-refractivity contribution in [3.05, 3.63) is 48.5 Å². The second kappa shape index (κ2) is 9.21. The largest absolute Gasteiger partial charge is 0.482 e. The highest BCUT2D eigenvalue weighted by Gasteiger charge is 2.29. The molecule has 2 aromatic carbocycles. The van der Waals surface area contributed by atoms with Gasteiger partial charge in [-0.3, -0.25) is 19.3 Å². The van der Waals surface area contributed by atoms with E-state index in [1.165, 1.54) is 36.1 Å². The molecule has 1 N–H and O–H groups in total. The molecule has 0 saturated carbocycles. The van der Waals surface area contributed by atoms with Crippen molar-refractivity contribution in [3.63, 3.8) is 0 Å². The van der Waals surface area contributed by atoms with Gasteiger partial charge in [0, 0.05) is 0 Å². The van der Waals surface area contributed by atoms with E-state index in [1.807, 2.05) is 0 Å². The zero-order valence-electron chi connectivity index (χ0n) is 15.8. The first-order valence-electron chi connectivity index (χ1n) is 8.91. The maximum absolute atomic E-state index is 12.5. The van der Waals surface area contributed by atoms with Crippen molar-refractivity contribution in [2.24, 2.45) is 0 Å². The van der Waals surface area contributed by atoms with Crippen molar-refractivity contribution in [1.82, 2.24) is 0 Å². The van der Waals surface area contributed by atoms with Crippen LogP contribution in [-0.4, -0.2) is 43.7 Å². The number of carbonyl (C=O) groups excluding carboxylic acids is 3. The summed E-state index contributed by atoms with van der Waals surface area (Å²) in [7, 11) is 0. The van der Waals surface area contributed by atoms with Gasteiger partial charge >= 0.3 is 12.6 Å². The summed E-state index contributed by atoms with van der Waals surface area (Å²) in [6.45, 7) is -2.38. The van der Waals surface area contributed by atoms with Gasteiger partial charge in [0.25, 0.3) is 11.8 Å². The number of hydrogen-bond donors (Lipinski definition) is 1. The minimum absolute atomic E-state index is 0.00276. The van der Waals surface area contributed by atoms with E-state index in [1.54, 1.807) is 24.3 Å². The van der Waals surface area contributed by atoms with E-state index in [4.69, 9.17) is 9.47 Å². The Balaban J connectivity index is 1.61. The molecule has 3 rings (SSSR count). The lowest BCUT2D eigenvalue weighted by atomic mass is 10.2. The Kier molecular flexibility index (Phi) is 6.45. The van der Waals surface area contributed by atoms with Crippen LogP contribution in [0.3, 0.4) is 0 Å². The van der Waals surface area contributed by atoms with Crippen molar-refractivity contribution in [3.8, 4) is 11.5 Å². The third kappa shape index (κ3) is 5.02. The van der Waals surface area contributed by atoms with Crippen LogP contribution in [0.5, 0.6) is 11.5 Å². The third-order valence-electron chi connectivity index (χ3n) is 4.13. The Bertz CT molecular complexity index is 952. The number of rotatable bonds is 7.